The number of piperazine rings is 1. The molecule has 0 saturated carbocycles. The van der Waals surface area contributed by atoms with E-state index < -0.39 is 17.6 Å². The van der Waals surface area contributed by atoms with Crippen molar-refractivity contribution in [3.8, 4) is 0 Å². The van der Waals surface area contributed by atoms with E-state index in [1.165, 1.54) is 6.33 Å². The molecule has 1 aromatic carbocycles. The zero-order valence-electron chi connectivity index (χ0n) is 26.6. The van der Waals surface area contributed by atoms with E-state index in [1.807, 2.05) is 49.9 Å². The zero-order valence-corrected chi connectivity index (χ0v) is 27.3. The summed E-state index contributed by atoms with van der Waals surface area (Å²) in [6.45, 7) is 15.9. The molecule has 0 unspecified atom stereocenters. The van der Waals surface area contributed by atoms with Crippen LogP contribution in [0, 0.1) is 0 Å². The van der Waals surface area contributed by atoms with Crippen LogP contribution in [0.3, 0.4) is 0 Å². The molecule has 1 N–H and O–H groups in total. The molecule has 2 amide bonds. The van der Waals surface area contributed by atoms with Crippen LogP contribution in [0.5, 0.6) is 0 Å². The van der Waals surface area contributed by atoms with Gasteiger partial charge >= 0.3 is 6.09 Å². The fraction of sp³-hybridized carbons (Fsp3) is 0.625. The average Bonchev–Trinajstić information content (AvgIpc) is 3.25. The normalized spacial score (nSPS) is 19.5. The lowest BCUT2D eigenvalue weighted by atomic mass is 9.95. The maximum absolute atomic E-state index is 14.2. The SMILES string of the molecule is CC(C)N(CCN(C)C(=O)OC(C)(C)C)C[C@@H](C(=O)N1CCN(c2ncnc3c2[C@H](C)C[C@H]3O)CC1)c1ccc(Cl)cc1. The summed E-state index contributed by atoms with van der Waals surface area (Å²) in [5.41, 5.74) is 2.11. The number of aliphatic hydroxyl groups is 1. The summed E-state index contributed by atoms with van der Waals surface area (Å²) >= 11 is 6.21. The van der Waals surface area contributed by atoms with E-state index in [1.54, 1.807) is 11.9 Å². The molecule has 2 heterocycles. The van der Waals surface area contributed by atoms with Crippen molar-refractivity contribution >= 4 is 29.4 Å². The lowest BCUT2D eigenvalue weighted by Crippen LogP contribution is -2.52. The summed E-state index contributed by atoms with van der Waals surface area (Å²) in [6.07, 6.45) is 1.27. The lowest BCUT2D eigenvalue weighted by molar-refractivity contribution is -0.133. The first-order chi connectivity index (χ1) is 20.2. The van der Waals surface area contributed by atoms with Gasteiger partial charge in [0.05, 0.1) is 17.7 Å². The molecule has 4 rings (SSSR count). The first-order valence-corrected chi connectivity index (χ1v) is 15.6. The van der Waals surface area contributed by atoms with Crippen LogP contribution < -0.4 is 4.90 Å². The number of amides is 2. The van der Waals surface area contributed by atoms with Gasteiger partial charge in [-0.2, -0.15) is 0 Å². The average molecular weight is 615 g/mol. The number of carbonyl (C=O) groups is 2. The number of anilines is 1. The number of hydrogen-bond donors (Lipinski definition) is 1. The van der Waals surface area contributed by atoms with Crippen LogP contribution in [0.4, 0.5) is 10.6 Å². The van der Waals surface area contributed by atoms with Crippen LogP contribution in [-0.4, -0.2) is 106 Å². The van der Waals surface area contributed by atoms with Crippen LogP contribution in [-0.2, 0) is 9.53 Å². The molecule has 1 aliphatic carbocycles. The second-order valence-corrected chi connectivity index (χ2v) is 13.5. The van der Waals surface area contributed by atoms with Gasteiger partial charge in [-0.3, -0.25) is 9.69 Å². The fourth-order valence-corrected chi connectivity index (χ4v) is 5.96. The van der Waals surface area contributed by atoms with Crippen LogP contribution in [0.25, 0.3) is 0 Å². The van der Waals surface area contributed by atoms with E-state index >= 15 is 0 Å². The quantitative estimate of drug-likeness (QED) is 0.434. The van der Waals surface area contributed by atoms with Crippen LogP contribution in [0.1, 0.15) is 82.7 Å². The number of halogens is 1. The predicted molar refractivity (Wildman–Crippen MR) is 169 cm³/mol. The monoisotopic (exact) mass is 614 g/mol. The first-order valence-electron chi connectivity index (χ1n) is 15.2. The third-order valence-corrected chi connectivity index (χ3v) is 8.57. The summed E-state index contributed by atoms with van der Waals surface area (Å²) in [5.74, 6) is 0.739. The smallest absolute Gasteiger partial charge is 0.410 e. The molecule has 0 bridgehead atoms. The van der Waals surface area contributed by atoms with Crippen molar-refractivity contribution in [3.05, 3.63) is 52.4 Å². The second kappa shape index (κ2) is 13.8. The first kappa shape index (κ1) is 33.0. The number of hydrogen-bond acceptors (Lipinski definition) is 8. The van der Waals surface area contributed by atoms with Gasteiger partial charge in [0.15, 0.2) is 0 Å². The molecular formula is C32H47ClN6O4. The van der Waals surface area contributed by atoms with Gasteiger partial charge in [0.1, 0.15) is 17.7 Å². The Kier molecular flexibility index (Phi) is 10.6. The van der Waals surface area contributed by atoms with Gasteiger partial charge in [0.25, 0.3) is 0 Å². The summed E-state index contributed by atoms with van der Waals surface area (Å²) in [5, 5.41) is 11.1. The molecule has 11 heteroatoms. The topological polar surface area (TPSA) is 102 Å². The molecule has 10 nitrogen and oxygen atoms in total. The van der Waals surface area contributed by atoms with Gasteiger partial charge in [-0.1, -0.05) is 30.7 Å². The number of aromatic nitrogens is 2. The van der Waals surface area contributed by atoms with Crippen molar-refractivity contribution in [2.45, 2.75) is 77.5 Å². The number of ether oxygens (including phenoxy) is 1. The molecule has 1 aliphatic heterocycles. The predicted octanol–water partition coefficient (Wildman–Crippen LogP) is 4.68. The van der Waals surface area contributed by atoms with Crippen LogP contribution in [0.15, 0.2) is 30.6 Å². The van der Waals surface area contributed by atoms with Crippen molar-refractivity contribution in [1.82, 2.24) is 24.7 Å². The van der Waals surface area contributed by atoms with Crippen molar-refractivity contribution in [3.63, 3.8) is 0 Å². The van der Waals surface area contributed by atoms with Crippen molar-refractivity contribution in [1.29, 1.82) is 0 Å². The Morgan fingerprint density at radius 2 is 1.74 bits per heavy atom. The molecular weight excluding hydrogens is 568 g/mol. The third-order valence-electron chi connectivity index (χ3n) is 8.32. The highest BCUT2D eigenvalue weighted by atomic mass is 35.5. The standard InChI is InChI=1S/C32H47ClN6O4/c1-21(2)39(13-12-36(7)31(42)43-32(4,5)6)19-25(23-8-10-24(33)11-9-23)30(41)38-16-14-37(15-17-38)29-27-22(3)18-26(40)28(27)34-20-35-29/h8-11,20-22,25-26,40H,12-19H2,1-7H3/t22-,25-,26-/m1/s1. The van der Waals surface area contributed by atoms with Crippen LogP contribution >= 0.6 is 11.6 Å². The summed E-state index contributed by atoms with van der Waals surface area (Å²) in [4.78, 5) is 43.6. The number of nitrogens with zero attached hydrogens (tertiary/aromatic N) is 6. The molecule has 3 atom stereocenters. The van der Waals surface area contributed by atoms with Gasteiger partial charge in [-0.25, -0.2) is 14.8 Å². The minimum absolute atomic E-state index is 0.0739. The molecule has 43 heavy (non-hydrogen) atoms. The Bertz CT molecular complexity index is 1260. The van der Waals surface area contributed by atoms with Crippen LogP contribution in [0.2, 0.25) is 5.02 Å². The molecule has 2 aromatic rings. The highest BCUT2D eigenvalue weighted by Crippen LogP contribution is 2.42. The molecule has 2 aliphatic rings. The van der Waals surface area contributed by atoms with Gasteiger partial charge in [-0.15, -0.1) is 0 Å². The molecule has 1 saturated heterocycles. The second-order valence-electron chi connectivity index (χ2n) is 13.1. The van der Waals surface area contributed by atoms with E-state index in [4.69, 9.17) is 16.3 Å². The highest BCUT2D eigenvalue weighted by Gasteiger charge is 2.35. The molecule has 0 radical (unpaired) electrons. The molecule has 0 spiro atoms. The van der Waals surface area contributed by atoms with Gasteiger partial charge in [-0.05, 0) is 64.7 Å². The minimum Gasteiger partial charge on any atom is -0.444 e. The third kappa shape index (κ3) is 8.16. The Balaban J connectivity index is 1.47. The maximum atomic E-state index is 14.2. The van der Waals surface area contributed by atoms with E-state index in [-0.39, 0.29) is 24.0 Å². The maximum Gasteiger partial charge on any atom is 0.410 e. The Hall–Kier alpha value is -2.95. The van der Waals surface area contributed by atoms with Crippen molar-refractivity contribution in [2.24, 2.45) is 0 Å². The number of rotatable bonds is 9. The Morgan fingerprint density at radius 3 is 2.35 bits per heavy atom. The summed E-state index contributed by atoms with van der Waals surface area (Å²) < 4.78 is 5.52. The van der Waals surface area contributed by atoms with Gasteiger partial charge < -0.3 is 24.5 Å². The molecule has 1 aromatic heterocycles. The number of aliphatic hydroxyl groups excluding tert-OH is 1. The fourth-order valence-electron chi connectivity index (χ4n) is 5.84. The van der Waals surface area contributed by atoms with Gasteiger partial charge in [0.2, 0.25) is 5.91 Å². The number of benzene rings is 1. The van der Waals surface area contributed by atoms with Crippen molar-refractivity contribution < 1.29 is 19.4 Å². The minimum atomic E-state index is -0.563. The van der Waals surface area contributed by atoms with Crippen molar-refractivity contribution in [2.75, 3.05) is 57.8 Å². The van der Waals surface area contributed by atoms with Gasteiger partial charge in [0, 0.05) is 69.5 Å². The zero-order chi connectivity index (χ0) is 31.5. The van der Waals surface area contributed by atoms with E-state index in [0.717, 1.165) is 22.6 Å². The largest absolute Gasteiger partial charge is 0.444 e. The van der Waals surface area contributed by atoms with E-state index in [9.17, 15) is 14.7 Å². The number of carbonyl (C=O) groups excluding carboxylic acids is 2. The number of likely N-dealkylation sites (N-methyl/N-ethyl adjacent to an activating group) is 1. The number of fused-ring (bicyclic) bond motifs is 1. The molecule has 1 fully saturated rings. The Morgan fingerprint density at radius 1 is 1.09 bits per heavy atom. The summed E-state index contributed by atoms with van der Waals surface area (Å²) in [7, 11) is 1.74. The summed E-state index contributed by atoms with van der Waals surface area (Å²) in [6, 6.07) is 7.68. The highest BCUT2D eigenvalue weighted by molar-refractivity contribution is 6.30. The van der Waals surface area contributed by atoms with E-state index in [0.29, 0.717) is 57.3 Å². The lowest BCUT2D eigenvalue weighted by Gasteiger charge is -2.39. The molecule has 236 valence electrons. The Labute approximate surface area is 261 Å². The van der Waals surface area contributed by atoms with E-state index in [2.05, 4.69) is 40.5 Å².